The maximum Gasteiger partial charge on any atom is 0.0960 e. The Morgan fingerprint density at radius 1 is 1.43 bits per heavy atom. The molecular formula is C11H13N3. The lowest BCUT2D eigenvalue weighted by atomic mass is 10.2. The van der Waals surface area contributed by atoms with Crippen LogP contribution in [0, 0.1) is 0 Å². The Kier molecular flexibility index (Phi) is 1.61. The zero-order valence-corrected chi connectivity index (χ0v) is 7.98. The van der Waals surface area contributed by atoms with E-state index in [2.05, 4.69) is 27.8 Å². The van der Waals surface area contributed by atoms with Crippen molar-refractivity contribution in [1.82, 2.24) is 9.55 Å². The monoisotopic (exact) mass is 187 g/mol. The molecule has 2 aromatic rings. The zero-order valence-electron chi connectivity index (χ0n) is 7.98. The molecule has 1 heterocycles. The van der Waals surface area contributed by atoms with E-state index in [0.717, 1.165) is 11.1 Å². The summed E-state index contributed by atoms with van der Waals surface area (Å²) in [6, 6.07) is 6.99. The summed E-state index contributed by atoms with van der Waals surface area (Å²) in [6.07, 6.45) is 4.54. The second-order valence-corrected chi connectivity index (χ2v) is 3.91. The van der Waals surface area contributed by atoms with Crippen molar-refractivity contribution in [1.29, 1.82) is 0 Å². The van der Waals surface area contributed by atoms with E-state index in [-0.39, 0.29) is 0 Å². The topological polar surface area (TPSA) is 43.8 Å². The molecule has 72 valence electrons. The number of hydrogen-bond acceptors (Lipinski definition) is 2. The number of aromatic nitrogens is 2. The van der Waals surface area contributed by atoms with Crippen LogP contribution in [0.25, 0.3) is 11.0 Å². The summed E-state index contributed by atoms with van der Waals surface area (Å²) >= 11 is 0. The summed E-state index contributed by atoms with van der Waals surface area (Å²) in [5, 5.41) is 0. The largest absolute Gasteiger partial charge is 0.327 e. The van der Waals surface area contributed by atoms with Gasteiger partial charge in [0.05, 0.1) is 17.4 Å². The molecule has 1 aromatic heterocycles. The van der Waals surface area contributed by atoms with Gasteiger partial charge < -0.3 is 10.3 Å². The van der Waals surface area contributed by atoms with Gasteiger partial charge in [0.15, 0.2) is 0 Å². The Bertz CT molecular complexity index is 468. The number of nitrogens with zero attached hydrogens (tertiary/aromatic N) is 2. The van der Waals surface area contributed by atoms with Crippen molar-refractivity contribution in [3.05, 3.63) is 30.1 Å². The summed E-state index contributed by atoms with van der Waals surface area (Å²) < 4.78 is 2.27. The van der Waals surface area contributed by atoms with Crippen molar-refractivity contribution in [2.75, 3.05) is 0 Å². The summed E-state index contributed by atoms with van der Waals surface area (Å²) in [7, 11) is 0. The number of nitrogens with two attached hydrogens (primary N) is 1. The molecule has 1 aliphatic rings. The van der Waals surface area contributed by atoms with Crippen LogP contribution in [0.15, 0.2) is 24.5 Å². The number of hydrogen-bond donors (Lipinski definition) is 1. The Morgan fingerprint density at radius 2 is 2.29 bits per heavy atom. The van der Waals surface area contributed by atoms with Crippen molar-refractivity contribution in [3.63, 3.8) is 0 Å². The van der Waals surface area contributed by atoms with E-state index in [9.17, 15) is 0 Å². The highest BCUT2D eigenvalue weighted by Crippen LogP contribution is 2.37. The van der Waals surface area contributed by atoms with Crippen molar-refractivity contribution in [2.24, 2.45) is 5.73 Å². The molecule has 1 fully saturated rings. The first kappa shape index (κ1) is 8.00. The Balaban J connectivity index is 2.17. The van der Waals surface area contributed by atoms with E-state index >= 15 is 0 Å². The number of imidazole rings is 1. The number of benzene rings is 1. The lowest BCUT2D eigenvalue weighted by Crippen LogP contribution is -1.96. The predicted octanol–water partition coefficient (Wildman–Crippen LogP) is 1.83. The molecule has 3 rings (SSSR count). The van der Waals surface area contributed by atoms with Crippen LogP contribution >= 0.6 is 0 Å². The fourth-order valence-electron chi connectivity index (χ4n) is 1.85. The molecular weight excluding hydrogens is 174 g/mol. The average molecular weight is 187 g/mol. The van der Waals surface area contributed by atoms with E-state index in [0.29, 0.717) is 12.6 Å². The van der Waals surface area contributed by atoms with Crippen LogP contribution in [-0.4, -0.2) is 9.55 Å². The number of rotatable bonds is 2. The fourth-order valence-corrected chi connectivity index (χ4v) is 1.85. The molecule has 0 bridgehead atoms. The maximum atomic E-state index is 5.59. The molecule has 0 spiro atoms. The minimum absolute atomic E-state index is 0.590. The smallest absolute Gasteiger partial charge is 0.0960 e. The minimum Gasteiger partial charge on any atom is -0.327 e. The molecule has 0 saturated heterocycles. The van der Waals surface area contributed by atoms with Gasteiger partial charge in [0.2, 0.25) is 0 Å². The van der Waals surface area contributed by atoms with Gasteiger partial charge in [0.1, 0.15) is 0 Å². The van der Waals surface area contributed by atoms with Crippen LogP contribution in [0.4, 0.5) is 0 Å². The quantitative estimate of drug-likeness (QED) is 0.779. The zero-order chi connectivity index (χ0) is 9.54. The van der Waals surface area contributed by atoms with Crippen LogP contribution < -0.4 is 5.73 Å². The van der Waals surface area contributed by atoms with Gasteiger partial charge >= 0.3 is 0 Å². The van der Waals surface area contributed by atoms with Crippen molar-refractivity contribution < 1.29 is 0 Å². The minimum atomic E-state index is 0.590. The highest BCUT2D eigenvalue weighted by molar-refractivity contribution is 5.76. The third-order valence-corrected chi connectivity index (χ3v) is 2.82. The molecule has 0 atom stereocenters. The van der Waals surface area contributed by atoms with Crippen molar-refractivity contribution in [2.45, 2.75) is 25.4 Å². The van der Waals surface area contributed by atoms with Gasteiger partial charge in [-0.3, -0.25) is 0 Å². The average Bonchev–Trinajstić information content (AvgIpc) is 2.98. The van der Waals surface area contributed by atoms with E-state index in [4.69, 9.17) is 5.73 Å². The van der Waals surface area contributed by atoms with Crippen LogP contribution in [0.2, 0.25) is 0 Å². The molecule has 0 aliphatic heterocycles. The Morgan fingerprint density at radius 3 is 3.00 bits per heavy atom. The first-order valence-corrected chi connectivity index (χ1v) is 5.04. The Hall–Kier alpha value is -1.35. The summed E-state index contributed by atoms with van der Waals surface area (Å²) in [5.74, 6) is 0. The fraction of sp³-hybridized carbons (Fsp3) is 0.364. The van der Waals surface area contributed by atoms with Crippen molar-refractivity contribution >= 4 is 11.0 Å². The lowest BCUT2D eigenvalue weighted by molar-refractivity contribution is 0.766. The van der Waals surface area contributed by atoms with E-state index < -0.39 is 0 Å². The molecule has 3 nitrogen and oxygen atoms in total. The van der Waals surface area contributed by atoms with Gasteiger partial charge in [-0.2, -0.15) is 0 Å². The van der Waals surface area contributed by atoms with E-state index in [1.807, 2.05) is 6.33 Å². The normalized spacial score (nSPS) is 16.4. The van der Waals surface area contributed by atoms with Crippen LogP contribution in [0.1, 0.15) is 24.4 Å². The highest BCUT2D eigenvalue weighted by Gasteiger charge is 2.24. The Labute approximate surface area is 82.5 Å². The molecule has 1 aliphatic carbocycles. The van der Waals surface area contributed by atoms with Gasteiger partial charge in [-0.25, -0.2) is 4.98 Å². The summed E-state index contributed by atoms with van der Waals surface area (Å²) in [4.78, 5) is 4.40. The molecule has 14 heavy (non-hydrogen) atoms. The van der Waals surface area contributed by atoms with Gasteiger partial charge in [-0.1, -0.05) is 6.07 Å². The molecule has 3 heteroatoms. The third kappa shape index (κ3) is 1.13. The molecule has 0 radical (unpaired) electrons. The third-order valence-electron chi connectivity index (χ3n) is 2.82. The maximum absolute atomic E-state index is 5.59. The van der Waals surface area contributed by atoms with Crippen LogP contribution in [0.3, 0.4) is 0 Å². The molecule has 1 aromatic carbocycles. The first-order chi connectivity index (χ1) is 6.88. The SMILES string of the molecule is NCc1ccc2c(c1)ncn2C1CC1. The van der Waals surface area contributed by atoms with E-state index in [1.54, 1.807) is 0 Å². The molecule has 0 unspecified atom stereocenters. The van der Waals surface area contributed by atoms with E-state index in [1.165, 1.54) is 18.4 Å². The number of fused-ring (bicyclic) bond motifs is 1. The first-order valence-electron chi connectivity index (χ1n) is 5.04. The summed E-state index contributed by atoms with van der Waals surface area (Å²) in [5.41, 5.74) is 9.05. The lowest BCUT2D eigenvalue weighted by Gasteiger charge is -2.01. The van der Waals surface area contributed by atoms with Crippen LogP contribution in [0.5, 0.6) is 0 Å². The molecule has 2 N–H and O–H groups in total. The van der Waals surface area contributed by atoms with Crippen molar-refractivity contribution in [3.8, 4) is 0 Å². The van der Waals surface area contributed by atoms with Gasteiger partial charge in [0.25, 0.3) is 0 Å². The predicted molar refractivity (Wildman–Crippen MR) is 55.9 cm³/mol. The summed E-state index contributed by atoms with van der Waals surface area (Å²) in [6.45, 7) is 0.590. The standard InChI is InChI=1S/C11H13N3/c12-6-8-1-4-11-10(5-8)13-7-14(11)9-2-3-9/h1,4-5,7,9H,2-3,6,12H2. The van der Waals surface area contributed by atoms with Gasteiger partial charge in [0, 0.05) is 12.6 Å². The molecule has 1 saturated carbocycles. The van der Waals surface area contributed by atoms with Crippen LogP contribution in [-0.2, 0) is 6.54 Å². The van der Waals surface area contributed by atoms with Gasteiger partial charge in [-0.05, 0) is 30.5 Å². The highest BCUT2D eigenvalue weighted by atomic mass is 15.1. The second-order valence-electron chi connectivity index (χ2n) is 3.91. The second kappa shape index (κ2) is 2.82. The molecule has 0 amide bonds. The van der Waals surface area contributed by atoms with Gasteiger partial charge in [-0.15, -0.1) is 0 Å².